The van der Waals surface area contributed by atoms with Gasteiger partial charge in [-0.15, -0.1) is 0 Å². The molecule has 0 amide bonds. The first kappa shape index (κ1) is 14.4. The van der Waals surface area contributed by atoms with Crippen LogP contribution in [0.5, 0.6) is 11.5 Å². The molecule has 0 saturated heterocycles. The summed E-state index contributed by atoms with van der Waals surface area (Å²) in [5.41, 5.74) is 7.59. The first-order valence-electron chi connectivity index (χ1n) is 7.78. The topological polar surface area (TPSA) is 75.7 Å². The molecule has 1 aliphatic heterocycles. The minimum atomic E-state index is -0.242. The van der Waals surface area contributed by atoms with Gasteiger partial charge >= 0.3 is 0 Å². The Balaban J connectivity index is 1.90. The maximum atomic E-state index is 9.72. The van der Waals surface area contributed by atoms with Crippen molar-refractivity contribution < 1.29 is 14.9 Å². The van der Waals surface area contributed by atoms with Crippen LogP contribution in [0.3, 0.4) is 0 Å². The lowest BCUT2D eigenvalue weighted by Gasteiger charge is -2.30. The van der Waals surface area contributed by atoms with Gasteiger partial charge in [-0.05, 0) is 42.0 Å². The number of hydrogen-bond acceptors (Lipinski definition) is 4. The summed E-state index contributed by atoms with van der Waals surface area (Å²) in [6, 6.07) is 3.15. The van der Waals surface area contributed by atoms with E-state index < -0.39 is 0 Å². The smallest absolute Gasteiger partial charge is 0.158 e. The molecule has 1 aromatic rings. The molecule has 2 aliphatic rings. The highest BCUT2D eigenvalue weighted by molar-refractivity contribution is 5.61. The number of aromatic hydroxyl groups is 2. The summed E-state index contributed by atoms with van der Waals surface area (Å²) in [7, 11) is 0. The number of phenolic OH excluding ortho intramolecular Hbond substituents is 2. The van der Waals surface area contributed by atoms with Crippen LogP contribution in [0.2, 0.25) is 0 Å². The van der Waals surface area contributed by atoms with Gasteiger partial charge in [0.15, 0.2) is 11.5 Å². The molecule has 4 nitrogen and oxygen atoms in total. The van der Waals surface area contributed by atoms with Gasteiger partial charge in [0.2, 0.25) is 0 Å². The SMILES string of the molecule is NCC1OC(C2CCCCC2)C=Cc2cc(O)c(O)cc21. The van der Waals surface area contributed by atoms with Crippen molar-refractivity contribution >= 4 is 6.08 Å². The second-order valence-electron chi connectivity index (χ2n) is 6.05. The van der Waals surface area contributed by atoms with E-state index in [9.17, 15) is 10.2 Å². The molecule has 1 aromatic carbocycles. The Morgan fingerprint density at radius 1 is 1.10 bits per heavy atom. The van der Waals surface area contributed by atoms with Crippen LogP contribution in [0.15, 0.2) is 18.2 Å². The third-order valence-electron chi connectivity index (χ3n) is 4.64. The van der Waals surface area contributed by atoms with Gasteiger partial charge in [-0.25, -0.2) is 0 Å². The zero-order valence-corrected chi connectivity index (χ0v) is 12.2. The van der Waals surface area contributed by atoms with Crippen molar-refractivity contribution in [1.82, 2.24) is 0 Å². The van der Waals surface area contributed by atoms with E-state index in [1.165, 1.54) is 32.1 Å². The average molecular weight is 289 g/mol. The third kappa shape index (κ3) is 2.92. The summed E-state index contributed by atoms with van der Waals surface area (Å²) in [5.74, 6) is 0.311. The van der Waals surface area contributed by atoms with E-state index in [4.69, 9.17) is 10.5 Å². The molecular weight excluding hydrogens is 266 g/mol. The summed E-state index contributed by atoms with van der Waals surface area (Å²) in [4.78, 5) is 0. The summed E-state index contributed by atoms with van der Waals surface area (Å²) in [5, 5.41) is 19.4. The normalized spacial score (nSPS) is 26.3. The molecule has 0 spiro atoms. The quantitative estimate of drug-likeness (QED) is 0.731. The van der Waals surface area contributed by atoms with E-state index in [-0.39, 0.29) is 23.7 Å². The minimum Gasteiger partial charge on any atom is -0.504 e. The van der Waals surface area contributed by atoms with E-state index in [1.54, 1.807) is 12.1 Å². The number of rotatable bonds is 2. The van der Waals surface area contributed by atoms with Gasteiger partial charge in [0.25, 0.3) is 0 Å². The number of hydrogen-bond donors (Lipinski definition) is 3. The van der Waals surface area contributed by atoms with Crippen molar-refractivity contribution in [2.45, 2.75) is 44.3 Å². The third-order valence-corrected chi connectivity index (χ3v) is 4.64. The lowest BCUT2D eigenvalue weighted by Crippen LogP contribution is -2.28. The summed E-state index contributed by atoms with van der Waals surface area (Å²) in [6.45, 7) is 0.363. The molecule has 114 valence electrons. The maximum Gasteiger partial charge on any atom is 0.158 e. The van der Waals surface area contributed by atoms with Crippen LogP contribution < -0.4 is 5.73 Å². The fraction of sp³-hybridized carbons (Fsp3) is 0.529. The molecule has 0 bridgehead atoms. The van der Waals surface area contributed by atoms with Crippen molar-refractivity contribution in [1.29, 1.82) is 0 Å². The van der Waals surface area contributed by atoms with E-state index in [0.29, 0.717) is 12.5 Å². The van der Waals surface area contributed by atoms with Gasteiger partial charge in [0.05, 0.1) is 12.2 Å². The molecule has 0 aromatic heterocycles. The number of ether oxygens (including phenoxy) is 1. The van der Waals surface area contributed by atoms with Crippen LogP contribution in [0.4, 0.5) is 0 Å². The van der Waals surface area contributed by atoms with Crippen molar-refractivity contribution in [3.8, 4) is 11.5 Å². The van der Waals surface area contributed by atoms with E-state index in [2.05, 4.69) is 6.08 Å². The summed E-state index contributed by atoms with van der Waals surface area (Å²) in [6.07, 6.45) is 10.1. The predicted octanol–water partition coefficient (Wildman–Crippen LogP) is 3.09. The largest absolute Gasteiger partial charge is 0.504 e. The van der Waals surface area contributed by atoms with Crippen LogP contribution >= 0.6 is 0 Å². The van der Waals surface area contributed by atoms with Gasteiger partial charge in [-0.2, -0.15) is 0 Å². The van der Waals surface area contributed by atoms with Crippen LogP contribution in [0, 0.1) is 5.92 Å². The Kier molecular flexibility index (Phi) is 4.17. The van der Waals surface area contributed by atoms with Crippen LogP contribution in [0.1, 0.15) is 49.3 Å². The van der Waals surface area contributed by atoms with E-state index >= 15 is 0 Å². The second-order valence-corrected chi connectivity index (χ2v) is 6.05. The molecule has 3 rings (SSSR count). The zero-order chi connectivity index (χ0) is 14.8. The molecule has 21 heavy (non-hydrogen) atoms. The molecular formula is C17H23NO3. The van der Waals surface area contributed by atoms with Gasteiger partial charge in [0.1, 0.15) is 0 Å². The second kappa shape index (κ2) is 6.08. The highest BCUT2D eigenvalue weighted by Crippen LogP contribution is 2.38. The molecule has 4 heteroatoms. The van der Waals surface area contributed by atoms with Crippen molar-refractivity contribution in [2.24, 2.45) is 11.7 Å². The lowest BCUT2D eigenvalue weighted by atomic mass is 9.85. The average Bonchev–Trinajstić information content (AvgIpc) is 2.68. The summed E-state index contributed by atoms with van der Waals surface area (Å²) >= 11 is 0. The van der Waals surface area contributed by atoms with Gasteiger partial charge in [0, 0.05) is 6.54 Å². The van der Waals surface area contributed by atoms with Crippen LogP contribution in [-0.4, -0.2) is 22.9 Å². The molecule has 1 saturated carbocycles. The highest BCUT2D eigenvalue weighted by Gasteiger charge is 2.28. The van der Waals surface area contributed by atoms with Crippen LogP contribution in [0.25, 0.3) is 6.08 Å². The van der Waals surface area contributed by atoms with Crippen molar-refractivity contribution in [3.05, 3.63) is 29.3 Å². The fourth-order valence-electron chi connectivity index (χ4n) is 3.45. The van der Waals surface area contributed by atoms with Crippen LogP contribution in [-0.2, 0) is 4.74 Å². The standard InChI is InChI=1S/C17H23NO3/c18-10-17-13-9-15(20)14(19)8-12(13)6-7-16(21-17)11-4-2-1-3-5-11/h6-9,11,16-17,19-20H,1-5,10,18H2. The Hall–Kier alpha value is -1.52. The number of fused-ring (bicyclic) bond motifs is 1. The molecule has 1 fully saturated rings. The Morgan fingerprint density at radius 3 is 2.52 bits per heavy atom. The number of phenols is 2. The number of benzene rings is 1. The van der Waals surface area contributed by atoms with Crippen molar-refractivity contribution in [3.63, 3.8) is 0 Å². The Labute approximate surface area is 125 Å². The minimum absolute atomic E-state index is 0.0653. The molecule has 2 atom stereocenters. The molecule has 4 N–H and O–H groups in total. The molecule has 1 aliphatic carbocycles. The predicted molar refractivity (Wildman–Crippen MR) is 82.0 cm³/mol. The molecule has 0 radical (unpaired) electrons. The number of nitrogens with two attached hydrogens (primary N) is 1. The van der Waals surface area contributed by atoms with Gasteiger partial charge < -0.3 is 20.7 Å². The maximum absolute atomic E-state index is 9.72. The van der Waals surface area contributed by atoms with Gasteiger partial charge in [-0.3, -0.25) is 0 Å². The zero-order valence-electron chi connectivity index (χ0n) is 12.2. The lowest BCUT2D eigenvalue weighted by molar-refractivity contribution is -0.0202. The Morgan fingerprint density at radius 2 is 1.81 bits per heavy atom. The first-order valence-corrected chi connectivity index (χ1v) is 7.78. The summed E-state index contributed by atoms with van der Waals surface area (Å²) < 4.78 is 6.22. The fourth-order valence-corrected chi connectivity index (χ4v) is 3.45. The van der Waals surface area contributed by atoms with E-state index in [0.717, 1.165) is 11.1 Å². The first-order chi connectivity index (χ1) is 10.2. The highest BCUT2D eigenvalue weighted by atomic mass is 16.5. The monoisotopic (exact) mass is 289 g/mol. The van der Waals surface area contributed by atoms with E-state index in [1.807, 2.05) is 6.08 Å². The van der Waals surface area contributed by atoms with Crippen molar-refractivity contribution in [2.75, 3.05) is 6.54 Å². The van der Waals surface area contributed by atoms with Gasteiger partial charge in [-0.1, -0.05) is 31.4 Å². The molecule has 2 unspecified atom stereocenters. The Bertz CT molecular complexity index is 535. The molecule has 1 heterocycles.